The van der Waals surface area contributed by atoms with Crippen molar-refractivity contribution in [1.29, 1.82) is 5.26 Å². The molecule has 0 aliphatic heterocycles. The largest absolute Gasteiger partial charge is 0.465 e. The number of carbonyl (C=O) groups is 1. The summed E-state index contributed by atoms with van der Waals surface area (Å²) in [6.45, 7) is 1.57. The SMILES string of the molecule is CC(NC(=O)O)C(Nc1ncc(-c2ccc(F)c(C#N)c2)s1)c1ccc(C(F)(F)F)cc1. The van der Waals surface area contributed by atoms with E-state index in [1.165, 1.54) is 47.9 Å². The second-order valence-corrected chi connectivity index (χ2v) is 7.85. The number of alkyl halides is 3. The summed E-state index contributed by atoms with van der Waals surface area (Å²) in [6.07, 6.45) is -4.28. The summed E-state index contributed by atoms with van der Waals surface area (Å²) in [5.41, 5.74) is 0.0492. The van der Waals surface area contributed by atoms with E-state index in [1.807, 2.05) is 0 Å². The van der Waals surface area contributed by atoms with Crippen molar-refractivity contribution in [1.82, 2.24) is 10.3 Å². The number of hydrogen-bond donors (Lipinski definition) is 3. The molecule has 2 aromatic carbocycles. The molecular formula is C21H16F4N4O2S. The van der Waals surface area contributed by atoms with Crippen LogP contribution >= 0.6 is 11.3 Å². The Hall–Kier alpha value is -3.65. The third kappa shape index (κ3) is 5.33. The van der Waals surface area contributed by atoms with Crippen LogP contribution in [0.5, 0.6) is 0 Å². The maximum Gasteiger partial charge on any atom is 0.416 e. The number of thiazole rings is 1. The molecule has 1 heterocycles. The zero-order chi connectivity index (χ0) is 23.5. The third-order valence-electron chi connectivity index (χ3n) is 4.60. The molecule has 3 N–H and O–H groups in total. The maximum absolute atomic E-state index is 13.6. The van der Waals surface area contributed by atoms with E-state index in [9.17, 15) is 22.4 Å². The van der Waals surface area contributed by atoms with Crippen LogP contribution in [-0.4, -0.2) is 22.2 Å². The highest BCUT2D eigenvalue weighted by Crippen LogP contribution is 2.34. The van der Waals surface area contributed by atoms with Crippen LogP contribution in [0.2, 0.25) is 0 Å². The normalized spacial score (nSPS) is 13.1. The Kier molecular flexibility index (Phi) is 6.64. The molecule has 0 aliphatic rings. The number of rotatable bonds is 6. The van der Waals surface area contributed by atoms with Gasteiger partial charge in [0, 0.05) is 6.20 Å². The zero-order valence-corrected chi connectivity index (χ0v) is 17.3. The Morgan fingerprint density at radius 2 is 1.91 bits per heavy atom. The summed E-state index contributed by atoms with van der Waals surface area (Å²) in [4.78, 5) is 16.0. The van der Waals surface area contributed by atoms with Crippen LogP contribution in [0.4, 0.5) is 27.5 Å². The minimum absolute atomic E-state index is 0.118. The maximum atomic E-state index is 13.6. The lowest BCUT2D eigenvalue weighted by atomic mass is 9.99. The number of nitrogens with zero attached hydrogens (tertiary/aromatic N) is 2. The molecule has 0 spiro atoms. The van der Waals surface area contributed by atoms with Gasteiger partial charge >= 0.3 is 12.3 Å². The van der Waals surface area contributed by atoms with Crippen LogP contribution in [0.25, 0.3) is 10.4 Å². The summed E-state index contributed by atoms with van der Waals surface area (Å²) in [6, 6.07) is 8.76. The second kappa shape index (κ2) is 9.23. The topological polar surface area (TPSA) is 98.0 Å². The molecule has 2 unspecified atom stereocenters. The number of anilines is 1. The molecule has 3 rings (SSSR count). The summed E-state index contributed by atoms with van der Waals surface area (Å²) < 4.78 is 52.2. The van der Waals surface area contributed by atoms with E-state index in [-0.39, 0.29) is 5.56 Å². The van der Waals surface area contributed by atoms with Gasteiger partial charge in [0.15, 0.2) is 5.13 Å². The van der Waals surface area contributed by atoms with E-state index in [4.69, 9.17) is 10.4 Å². The van der Waals surface area contributed by atoms with Crippen LogP contribution in [0.3, 0.4) is 0 Å². The minimum Gasteiger partial charge on any atom is -0.465 e. The van der Waals surface area contributed by atoms with Gasteiger partial charge in [-0.3, -0.25) is 0 Å². The first-order valence-corrected chi connectivity index (χ1v) is 9.99. The van der Waals surface area contributed by atoms with Crippen molar-refractivity contribution in [2.24, 2.45) is 0 Å². The molecule has 166 valence electrons. The van der Waals surface area contributed by atoms with Crippen molar-refractivity contribution < 1.29 is 27.5 Å². The highest BCUT2D eigenvalue weighted by molar-refractivity contribution is 7.18. The number of nitriles is 1. The summed E-state index contributed by atoms with van der Waals surface area (Å²) in [5.74, 6) is -0.643. The van der Waals surface area contributed by atoms with E-state index in [0.717, 1.165) is 12.1 Å². The predicted molar refractivity (Wildman–Crippen MR) is 111 cm³/mol. The van der Waals surface area contributed by atoms with Gasteiger partial charge in [0.05, 0.1) is 28.1 Å². The molecule has 11 heteroatoms. The number of benzene rings is 2. The van der Waals surface area contributed by atoms with Crippen molar-refractivity contribution in [3.05, 3.63) is 71.2 Å². The van der Waals surface area contributed by atoms with Gasteiger partial charge in [-0.2, -0.15) is 18.4 Å². The first-order chi connectivity index (χ1) is 15.1. The second-order valence-electron chi connectivity index (χ2n) is 6.82. The van der Waals surface area contributed by atoms with Crippen LogP contribution in [0, 0.1) is 17.1 Å². The fourth-order valence-corrected chi connectivity index (χ4v) is 3.88. The fraction of sp³-hybridized carbons (Fsp3) is 0.190. The Bertz CT molecular complexity index is 1160. The molecule has 0 saturated heterocycles. The van der Waals surface area contributed by atoms with Gasteiger partial charge in [0.2, 0.25) is 0 Å². The van der Waals surface area contributed by atoms with E-state index < -0.39 is 35.7 Å². The smallest absolute Gasteiger partial charge is 0.416 e. The van der Waals surface area contributed by atoms with Crippen molar-refractivity contribution in [3.8, 4) is 16.5 Å². The van der Waals surface area contributed by atoms with E-state index in [1.54, 1.807) is 13.0 Å². The van der Waals surface area contributed by atoms with Crippen molar-refractivity contribution in [2.75, 3.05) is 5.32 Å². The van der Waals surface area contributed by atoms with Crippen LogP contribution in [-0.2, 0) is 6.18 Å². The molecule has 1 aromatic heterocycles. The molecule has 32 heavy (non-hydrogen) atoms. The van der Waals surface area contributed by atoms with Crippen molar-refractivity contribution in [3.63, 3.8) is 0 Å². The summed E-state index contributed by atoms with van der Waals surface area (Å²) in [7, 11) is 0. The number of halogens is 4. The lowest BCUT2D eigenvalue weighted by Gasteiger charge is -2.25. The number of hydrogen-bond acceptors (Lipinski definition) is 5. The van der Waals surface area contributed by atoms with E-state index >= 15 is 0 Å². The summed E-state index contributed by atoms with van der Waals surface area (Å²) in [5, 5.41) is 23.8. The Balaban J connectivity index is 1.89. The van der Waals surface area contributed by atoms with Crippen LogP contribution in [0.1, 0.15) is 29.7 Å². The van der Waals surface area contributed by atoms with Gasteiger partial charge in [-0.1, -0.05) is 29.5 Å². The van der Waals surface area contributed by atoms with Crippen molar-refractivity contribution in [2.45, 2.75) is 25.2 Å². The molecule has 3 aromatic rings. The quantitative estimate of drug-likeness (QED) is 0.410. The predicted octanol–water partition coefficient (Wildman–Crippen LogP) is 5.65. The van der Waals surface area contributed by atoms with E-state index in [2.05, 4.69) is 15.6 Å². The zero-order valence-electron chi connectivity index (χ0n) is 16.4. The first-order valence-electron chi connectivity index (χ1n) is 9.17. The first kappa shape index (κ1) is 23.0. The lowest BCUT2D eigenvalue weighted by molar-refractivity contribution is -0.137. The van der Waals surface area contributed by atoms with Gasteiger partial charge in [-0.25, -0.2) is 14.2 Å². The molecule has 1 amide bonds. The molecule has 0 bridgehead atoms. The van der Waals surface area contributed by atoms with Gasteiger partial charge < -0.3 is 15.7 Å². The number of carboxylic acid groups (broad SMARTS) is 1. The van der Waals surface area contributed by atoms with Gasteiger partial charge in [-0.05, 0) is 42.3 Å². The van der Waals surface area contributed by atoms with Crippen molar-refractivity contribution >= 4 is 22.6 Å². The fourth-order valence-electron chi connectivity index (χ4n) is 3.03. The van der Waals surface area contributed by atoms with E-state index in [0.29, 0.717) is 21.1 Å². The Morgan fingerprint density at radius 1 is 1.22 bits per heavy atom. The highest BCUT2D eigenvalue weighted by atomic mass is 32.1. The monoisotopic (exact) mass is 464 g/mol. The van der Waals surface area contributed by atoms with Gasteiger partial charge in [-0.15, -0.1) is 0 Å². The minimum atomic E-state index is -4.49. The number of amides is 1. The van der Waals surface area contributed by atoms with Gasteiger partial charge in [0.1, 0.15) is 11.9 Å². The standard InChI is InChI=1S/C21H16F4N4O2S/c1-11(28-20(30)31)18(12-2-5-15(6-3-12)21(23,24)25)29-19-27-10-17(32-19)13-4-7-16(22)14(8-13)9-26/h2-8,10-11,18,28H,1H3,(H,27,29)(H,30,31). The lowest BCUT2D eigenvalue weighted by Crippen LogP contribution is -2.39. The Labute approximate surface area is 184 Å². The molecular weight excluding hydrogens is 448 g/mol. The molecule has 0 fully saturated rings. The van der Waals surface area contributed by atoms with Gasteiger partial charge in [0.25, 0.3) is 0 Å². The number of aromatic nitrogens is 1. The third-order valence-corrected chi connectivity index (χ3v) is 5.58. The molecule has 2 atom stereocenters. The molecule has 0 saturated carbocycles. The van der Waals surface area contributed by atoms with Crippen LogP contribution in [0.15, 0.2) is 48.7 Å². The molecule has 6 nitrogen and oxygen atoms in total. The molecule has 0 aliphatic carbocycles. The Morgan fingerprint density at radius 3 is 2.50 bits per heavy atom. The number of nitrogens with one attached hydrogen (secondary N) is 2. The average Bonchev–Trinajstić information content (AvgIpc) is 3.20. The molecule has 0 radical (unpaired) electrons. The summed E-state index contributed by atoms with van der Waals surface area (Å²) >= 11 is 1.17. The average molecular weight is 464 g/mol. The van der Waals surface area contributed by atoms with Crippen LogP contribution < -0.4 is 10.6 Å². The highest BCUT2D eigenvalue weighted by Gasteiger charge is 2.31.